The van der Waals surface area contributed by atoms with Crippen molar-refractivity contribution in [3.8, 4) is 6.07 Å². The van der Waals surface area contributed by atoms with E-state index < -0.39 is 0 Å². The maximum atomic E-state index is 8.19. The Morgan fingerprint density at radius 3 is 3.30 bits per heavy atom. The third-order valence-electron chi connectivity index (χ3n) is 0.945. The Bertz CT molecular complexity index is 211. The summed E-state index contributed by atoms with van der Waals surface area (Å²) < 4.78 is 0. The normalized spacial score (nSPS) is 8.70. The molecule has 0 saturated heterocycles. The Hall–Kier alpha value is -1.08. The van der Waals surface area contributed by atoms with Crippen LogP contribution in [0.25, 0.3) is 0 Å². The van der Waals surface area contributed by atoms with Crippen LogP contribution >= 0.6 is 11.3 Å². The Labute approximate surface area is 63.3 Å². The van der Waals surface area contributed by atoms with Crippen molar-refractivity contribution in [1.82, 2.24) is 4.98 Å². The molecule has 3 nitrogen and oxygen atoms in total. The highest BCUT2D eigenvalue weighted by Gasteiger charge is 1.90. The molecule has 0 aliphatic rings. The second kappa shape index (κ2) is 3.85. The van der Waals surface area contributed by atoms with E-state index in [1.54, 1.807) is 17.5 Å². The van der Waals surface area contributed by atoms with Crippen LogP contribution in [0.15, 0.2) is 11.6 Å². The summed E-state index contributed by atoms with van der Waals surface area (Å²) in [5.41, 5.74) is 0. The highest BCUT2D eigenvalue weighted by molar-refractivity contribution is 7.13. The van der Waals surface area contributed by atoms with Crippen LogP contribution in [0.1, 0.15) is 6.42 Å². The van der Waals surface area contributed by atoms with E-state index in [1.807, 2.05) is 11.4 Å². The number of hydrogen-bond donors (Lipinski definition) is 1. The van der Waals surface area contributed by atoms with Gasteiger partial charge in [-0.1, -0.05) is 0 Å². The lowest BCUT2D eigenvalue weighted by Gasteiger charge is -1.94. The summed E-state index contributed by atoms with van der Waals surface area (Å²) in [6.07, 6.45) is 2.26. The van der Waals surface area contributed by atoms with E-state index in [2.05, 4.69) is 10.3 Å². The number of hydrogen-bond acceptors (Lipinski definition) is 4. The number of nitrogens with one attached hydrogen (secondary N) is 1. The Morgan fingerprint density at radius 1 is 1.80 bits per heavy atom. The first-order valence-electron chi connectivity index (χ1n) is 2.94. The van der Waals surface area contributed by atoms with Crippen LogP contribution < -0.4 is 5.32 Å². The minimum atomic E-state index is 0.527. The molecule has 10 heavy (non-hydrogen) atoms. The van der Waals surface area contributed by atoms with Gasteiger partial charge in [0.15, 0.2) is 5.13 Å². The van der Waals surface area contributed by atoms with Crippen LogP contribution in [-0.2, 0) is 0 Å². The maximum absolute atomic E-state index is 8.19. The van der Waals surface area contributed by atoms with Gasteiger partial charge in [-0.3, -0.25) is 0 Å². The molecule has 1 N–H and O–H groups in total. The van der Waals surface area contributed by atoms with Crippen LogP contribution in [0.5, 0.6) is 0 Å². The van der Waals surface area contributed by atoms with Gasteiger partial charge in [-0.25, -0.2) is 4.98 Å². The van der Waals surface area contributed by atoms with E-state index >= 15 is 0 Å². The molecular weight excluding hydrogens is 146 g/mol. The van der Waals surface area contributed by atoms with Gasteiger partial charge in [-0.05, 0) is 0 Å². The molecular formula is C6H7N3S. The minimum absolute atomic E-state index is 0.527. The van der Waals surface area contributed by atoms with Crippen LogP contribution in [0, 0.1) is 11.3 Å². The van der Waals surface area contributed by atoms with Gasteiger partial charge < -0.3 is 5.32 Å². The van der Waals surface area contributed by atoms with Gasteiger partial charge in [0, 0.05) is 18.1 Å². The van der Waals surface area contributed by atoms with E-state index in [1.165, 1.54) is 0 Å². The zero-order valence-corrected chi connectivity index (χ0v) is 6.19. The summed E-state index contributed by atoms with van der Waals surface area (Å²) in [5.74, 6) is 0. The fraction of sp³-hybridized carbons (Fsp3) is 0.333. The monoisotopic (exact) mass is 153 g/mol. The van der Waals surface area contributed by atoms with Crippen molar-refractivity contribution in [2.24, 2.45) is 0 Å². The van der Waals surface area contributed by atoms with Gasteiger partial charge in [0.1, 0.15) is 0 Å². The minimum Gasteiger partial charge on any atom is -0.360 e. The summed E-state index contributed by atoms with van der Waals surface area (Å²) >= 11 is 1.54. The van der Waals surface area contributed by atoms with E-state index in [-0.39, 0.29) is 0 Å². The first-order valence-corrected chi connectivity index (χ1v) is 3.82. The Balaban J connectivity index is 2.23. The van der Waals surface area contributed by atoms with Crippen molar-refractivity contribution in [3.63, 3.8) is 0 Å². The molecule has 0 aromatic carbocycles. The molecule has 1 aromatic heterocycles. The molecule has 0 amide bonds. The number of nitriles is 1. The molecule has 0 radical (unpaired) electrons. The molecule has 0 aliphatic heterocycles. The molecule has 0 fully saturated rings. The number of rotatable bonds is 3. The molecule has 1 heterocycles. The first-order chi connectivity index (χ1) is 4.93. The molecule has 1 rings (SSSR count). The lowest BCUT2D eigenvalue weighted by molar-refractivity contribution is 1.07. The van der Waals surface area contributed by atoms with Crippen molar-refractivity contribution in [3.05, 3.63) is 11.6 Å². The van der Waals surface area contributed by atoms with E-state index in [4.69, 9.17) is 5.26 Å². The molecule has 0 bridgehead atoms. The van der Waals surface area contributed by atoms with Crippen molar-refractivity contribution in [1.29, 1.82) is 5.26 Å². The first kappa shape index (κ1) is 7.03. The molecule has 4 heteroatoms. The third-order valence-corrected chi connectivity index (χ3v) is 1.68. The second-order valence-electron chi connectivity index (χ2n) is 1.67. The molecule has 0 spiro atoms. The largest absolute Gasteiger partial charge is 0.360 e. The molecule has 0 aliphatic carbocycles. The van der Waals surface area contributed by atoms with Crippen molar-refractivity contribution in [2.45, 2.75) is 6.42 Å². The number of anilines is 1. The van der Waals surface area contributed by atoms with E-state index in [0.717, 1.165) is 5.13 Å². The van der Waals surface area contributed by atoms with Gasteiger partial charge >= 0.3 is 0 Å². The van der Waals surface area contributed by atoms with Gasteiger partial charge in [-0.15, -0.1) is 11.3 Å². The second-order valence-corrected chi connectivity index (χ2v) is 2.57. The van der Waals surface area contributed by atoms with Gasteiger partial charge in [0.05, 0.1) is 12.5 Å². The van der Waals surface area contributed by atoms with Crippen LogP contribution in [0.2, 0.25) is 0 Å². The molecule has 52 valence electrons. The Morgan fingerprint density at radius 2 is 2.70 bits per heavy atom. The fourth-order valence-corrected chi connectivity index (χ4v) is 1.09. The highest BCUT2D eigenvalue weighted by atomic mass is 32.1. The van der Waals surface area contributed by atoms with E-state index in [0.29, 0.717) is 13.0 Å². The predicted octanol–water partition coefficient (Wildman–Crippen LogP) is 1.47. The zero-order chi connectivity index (χ0) is 7.23. The van der Waals surface area contributed by atoms with Crippen LogP contribution in [0.4, 0.5) is 5.13 Å². The summed E-state index contributed by atoms with van der Waals surface area (Å²) in [5, 5.41) is 14.0. The number of aromatic nitrogens is 1. The fourth-order valence-electron chi connectivity index (χ4n) is 0.536. The Kier molecular flexibility index (Phi) is 2.71. The van der Waals surface area contributed by atoms with E-state index in [9.17, 15) is 0 Å². The van der Waals surface area contributed by atoms with Gasteiger partial charge in [0.2, 0.25) is 0 Å². The number of thiazole rings is 1. The molecule has 0 unspecified atom stereocenters. The van der Waals surface area contributed by atoms with Crippen LogP contribution in [-0.4, -0.2) is 11.5 Å². The van der Waals surface area contributed by atoms with Crippen molar-refractivity contribution < 1.29 is 0 Å². The average Bonchev–Trinajstić information content (AvgIpc) is 2.41. The molecule has 1 aromatic rings. The molecule has 0 atom stereocenters. The lowest BCUT2D eigenvalue weighted by Crippen LogP contribution is -1.98. The topological polar surface area (TPSA) is 48.7 Å². The summed E-state index contributed by atoms with van der Waals surface area (Å²) in [7, 11) is 0. The third kappa shape index (κ3) is 2.03. The van der Waals surface area contributed by atoms with Crippen LogP contribution in [0.3, 0.4) is 0 Å². The summed E-state index contributed by atoms with van der Waals surface area (Å²) in [4.78, 5) is 3.99. The SMILES string of the molecule is N#CCCNc1nccs1. The van der Waals surface area contributed by atoms with Crippen molar-refractivity contribution >= 4 is 16.5 Å². The van der Waals surface area contributed by atoms with Gasteiger partial charge in [-0.2, -0.15) is 5.26 Å². The smallest absolute Gasteiger partial charge is 0.182 e. The molecule has 0 saturated carbocycles. The number of nitrogens with zero attached hydrogens (tertiary/aromatic N) is 2. The van der Waals surface area contributed by atoms with Crippen molar-refractivity contribution in [2.75, 3.05) is 11.9 Å². The average molecular weight is 153 g/mol. The van der Waals surface area contributed by atoms with Gasteiger partial charge in [0.25, 0.3) is 0 Å². The highest BCUT2D eigenvalue weighted by Crippen LogP contribution is 2.09. The zero-order valence-electron chi connectivity index (χ0n) is 5.37. The standard InChI is InChI=1S/C6H7N3S/c7-2-1-3-8-6-9-4-5-10-6/h4-5H,1,3H2,(H,8,9). The lowest BCUT2D eigenvalue weighted by atomic mass is 10.5. The quantitative estimate of drug-likeness (QED) is 0.669. The predicted molar refractivity (Wildman–Crippen MR) is 40.8 cm³/mol. The summed E-state index contributed by atoms with van der Waals surface area (Å²) in [6.45, 7) is 0.685. The summed E-state index contributed by atoms with van der Waals surface area (Å²) in [6, 6.07) is 2.04. The maximum Gasteiger partial charge on any atom is 0.182 e.